The van der Waals surface area contributed by atoms with Gasteiger partial charge >= 0.3 is 5.97 Å². The summed E-state index contributed by atoms with van der Waals surface area (Å²) in [7, 11) is 1.05. The quantitative estimate of drug-likeness (QED) is 0.872. The number of benzene rings is 1. The molecular formula is C13H10ClF2N3O3. The predicted octanol–water partition coefficient (Wildman–Crippen LogP) is 2.19. The summed E-state index contributed by atoms with van der Waals surface area (Å²) >= 11 is 5.92. The van der Waals surface area contributed by atoms with Gasteiger partial charge in [-0.1, -0.05) is 23.7 Å². The molecule has 0 fully saturated rings. The van der Waals surface area contributed by atoms with Crippen molar-refractivity contribution in [1.82, 2.24) is 9.55 Å². The molecular weight excluding hydrogens is 320 g/mol. The van der Waals surface area contributed by atoms with Crippen molar-refractivity contribution < 1.29 is 18.3 Å². The Morgan fingerprint density at radius 3 is 2.73 bits per heavy atom. The summed E-state index contributed by atoms with van der Waals surface area (Å²) in [4.78, 5) is 27.6. The van der Waals surface area contributed by atoms with E-state index in [1.165, 1.54) is 12.1 Å². The van der Waals surface area contributed by atoms with E-state index in [0.717, 1.165) is 24.1 Å². The van der Waals surface area contributed by atoms with Gasteiger partial charge in [0, 0.05) is 5.56 Å². The summed E-state index contributed by atoms with van der Waals surface area (Å²) in [5, 5.41) is -0.0951. The summed E-state index contributed by atoms with van der Waals surface area (Å²) < 4.78 is 31.4. The zero-order chi connectivity index (χ0) is 16.4. The van der Waals surface area contributed by atoms with E-state index >= 15 is 0 Å². The second-order valence-corrected chi connectivity index (χ2v) is 4.56. The SMILES string of the molecule is COC(=O)c1c(N)ncn(-c2c(Cl)cccc2C(F)F)c1=O. The van der Waals surface area contributed by atoms with Crippen LogP contribution in [-0.2, 0) is 4.74 Å². The lowest BCUT2D eigenvalue weighted by atomic mass is 10.1. The third kappa shape index (κ3) is 2.64. The number of anilines is 1. The minimum absolute atomic E-state index is 0.0951. The highest BCUT2D eigenvalue weighted by atomic mass is 35.5. The van der Waals surface area contributed by atoms with Crippen molar-refractivity contribution in [2.75, 3.05) is 12.8 Å². The Labute approximate surface area is 128 Å². The number of alkyl halides is 2. The van der Waals surface area contributed by atoms with Crippen LogP contribution in [-0.4, -0.2) is 22.6 Å². The second kappa shape index (κ2) is 6.10. The average molecular weight is 330 g/mol. The molecule has 0 spiro atoms. The monoisotopic (exact) mass is 329 g/mol. The van der Waals surface area contributed by atoms with Crippen LogP contribution >= 0.6 is 11.6 Å². The summed E-state index contributed by atoms with van der Waals surface area (Å²) in [6.07, 6.45) is -1.95. The van der Waals surface area contributed by atoms with Gasteiger partial charge in [-0.05, 0) is 6.07 Å². The number of nitrogen functional groups attached to an aromatic ring is 1. The van der Waals surface area contributed by atoms with Gasteiger partial charge in [0.2, 0.25) is 0 Å². The summed E-state index contributed by atoms with van der Waals surface area (Å²) in [5.41, 5.74) is 3.24. The number of halogens is 3. The van der Waals surface area contributed by atoms with Gasteiger partial charge in [-0.3, -0.25) is 9.36 Å². The topological polar surface area (TPSA) is 87.2 Å². The van der Waals surface area contributed by atoms with E-state index in [4.69, 9.17) is 17.3 Å². The van der Waals surface area contributed by atoms with Gasteiger partial charge in [0.15, 0.2) is 5.56 Å². The molecule has 0 saturated heterocycles. The lowest BCUT2D eigenvalue weighted by Crippen LogP contribution is -2.29. The van der Waals surface area contributed by atoms with Gasteiger partial charge < -0.3 is 10.5 Å². The summed E-state index contributed by atoms with van der Waals surface area (Å²) in [6, 6.07) is 3.78. The first-order chi connectivity index (χ1) is 10.4. The molecule has 1 heterocycles. The number of nitrogens with two attached hydrogens (primary N) is 1. The van der Waals surface area contributed by atoms with Gasteiger partial charge in [0.1, 0.15) is 12.1 Å². The Balaban J connectivity index is 2.81. The molecule has 1 aromatic heterocycles. The van der Waals surface area contributed by atoms with Crippen molar-refractivity contribution in [2.24, 2.45) is 0 Å². The number of esters is 1. The highest BCUT2D eigenvalue weighted by molar-refractivity contribution is 6.32. The normalized spacial score (nSPS) is 10.8. The number of hydrogen-bond acceptors (Lipinski definition) is 5. The first-order valence-electron chi connectivity index (χ1n) is 5.90. The largest absolute Gasteiger partial charge is 0.465 e. The molecule has 2 aromatic rings. The number of para-hydroxylation sites is 1. The van der Waals surface area contributed by atoms with Crippen LogP contribution in [0.4, 0.5) is 14.6 Å². The standard InChI is InChI=1S/C13H10ClF2N3O3/c1-22-13(21)8-11(17)18-5-19(12(8)20)9-6(10(15)16)3-2-4-7(9)14/h2-5,10H,17H2,1H3. The molecule has 1 aromatic carbocycles. The number of ether oxygens (including phenoxy) is 1. The molecule has 2 N–H and O–H groups in total. The zero-order valence-electron chi connectivity index (χ0n) is 11.2. The van der Waals surface area contributed by atoms with Crippen LogP contribution < -0.4 is 11.3 Å². The van der Waals surface area contributed by atoms with Gasteiger partial charge in [-0.25, -0.2) is 18.6 Å². The number of carbonyl (C=O) groups excluding carboxylic acids is 1. The van der Waals surface area contributed by atoms with Crippen molar-refractivity contribution in [1.29, 1.82) is 0 Å². The third-order valence-corrected chi connectivity index (χ3v) is 3.19. The fraction of sp³-hybridized carbons (Fsp3) is 0.154. The van der Waals surface area contributed by atoms with Gasteiger partial charge in [-0.15, -0.1) is 0 Å². The number of carbonyl (C=O) groups is 1. The molecule has 0 aliphatic rings. The lowest BCUT2D eigenvalue weighted by molar-refractivity contribution is 0.0599. The summed E-state index contributed by atoms with van der Waals surface area (Å²) in [5.74, 6) is -1.38. The first kappa shape index (κ1) is 15.9. The van der Waals surface area contributed by atoms with Gasteiger partial charge in [0.05, 0.1) is 17.8 Å². The lowest BCUT2D eigenvalue weighted by Gasteiger charge is -2.14. The van der Waals surface area contributed by atoms with Crippen molar-refractivity contribution >= 4 is 23.4 Å². The predicted molar refractivity (Wildman–Crippen MR) is 75.6 cm³/mol. The number of rotatable bonds is 3. The van der Waals surface area contributed by atoms with E-state index in [1.54, 1.807) is 0 Å². The molecule has 116 valence electrons. The first-order valence-corrected chi connectivity index (χ1v) is 6.28. The second-order valence-electron chi connectivity index (χ2n) is 4.15. The average Bonchev–Trinajstić information content (AvgIpc) is 2.47. The maximum Gasteiger partial charge on any atom is 0.347 e. The number of hydrogen-bond donors (Lipinski definition) is 1. The maximum absolute atomic E-state index is 13.1. The Kier molecular flexibility index (Phi) is 4.41. The number of methoxy groups -OCH3 is 1. The van der Waals surface area contributed by atoms with Crippen LogP contribution in [0.5, 0.6) is 0 Å². The van der Waals surface area contributed by atoms with Gasteiger partial charge in [0.25, 0.3) is 12.0 Å². The Morgan fingerprint density at radius 1 is 1.45 bits per heavy atom. The molecule has 0 saturated carbocycles. The molecule has 22 heavy (non-hydrogen) atoms. The Hall–Kier alpha value is -2.48. The fourth-order valence-corrected chi connectivity index (χ4v) is 2.16. The zero-order valence-corrected chi connectivity index (χ0v) is 12.0. The Morgan fingerprint density at radius 2 is 2.14 bits per heavy atom. The van der Waals surface area contributed by atoms with E-state index in [9.17, 15) is 18.4 Å². The van der Waals surface area contributed by atoms with Crippen LogP contribution in [0.3, 0.4) is 0 Å². The van der Waals surface area contributed by atoms with Crippen LogP contribution in [0.1, 0.15) is 22.3 Å². The molecule has 0 bridgehead atoms. The van der Waals surface area contributed by atoms with Crippen LogP contribution in [0.25, 0.3) is 5.69 Å². The van der Waals surface area contributed by atoms with Gasteiger partial charge in [-0.2, -0.15) is 0 Å². The summed E-state index contributed by atoms with van der Waals surface area (Å²) in [6.45, 7) is 0. The number of aromatic nitrogens is 2. The van der Waals surface area contributed by atoms with Crippen LogP contribution in [0.2, 0.25) is 5.02 Å². The van der Waals surface area contributed by atoms with Crippen molar-refractivity contribution in [2.45, 2.75) is 6.43 Å². The number of nitrogens with zero attached hydrogens (tertiary/aromatic N) is 2. The van der Waals surface area contributed by atoms with E-state index < -0.39 is 29.1 Å². The smallest absolute Gasteiger partial charge is 0.347 e. The maximum atomic E-state index is 13.1. The molecule has 0 aliphatic carbocycles. The van der Waals surface area contributed by atoms with Crippen molar-refractivity contribution in [3.8, 4) is 5.69 Å². The van der Waals surface area contributed by atoms with E-state index in [2.05, 4.69) is 9.72 Å². The molecule has 6 nitrogen and oxygen atoms in total. The van der Waals surface area contributed by atoms with E-state index in [-0.39, 0.29) is 16.5 Å². The van der Waals surface area contributed by atoms with Crippen molar-refractivity contribution in [3.05, 3.63) is 51.0 Å². The molecule has 0 radical (unpaired) electrons. The minimum atomic E-state index is -2.88. The minimum Gasteiger partial charge on any atom is -0.465 e. The molecule has 0 aliphatic heterocycles. The Bertz CT molecular complexity index is 793. The molecule has 0 unspecified atom stereocenters. The molecule has 0 amide bonds. The molecule has 9 heteroatoms. The molecule has 2 rings (SSSR count). The van der Waals surface area contributed by atoms with Crippen LogP contribution in [0, 0.1) is 0 Å². The third-order valence-electron chi connectivity index (χ3n) is 2.88. The van der Waals surface area contributed by atoms with E-state index in [0.29, 0.717) is 0 Å². The molecule has 0 atom stereocenters. The highest BCUT2D eigenvalue weighted by Crippen LogP contribution is 2.30. The highest BCUT2D eigenvalue weighted by Gasteiger charge is 2.23. The van der Waals surface area contributed by atoms with Crippen LogP contribution in [0.15, 0.2) is 29.3 Å². The fourth-order valence-electron chi connectivity index (χ4n) is 1.88. The van der Waals surface area contributed by atoms with E-state index in [1.807, 2.05) is 0 Å². The van der Waals surface area contributed by atoms with Crippen molar-refractivity contribution in [3.63, 3.8) is 0 Å².